The van der Waals surface area contributed by atoms with E-state index >= 15 is 0 Å². The van der Waals surface area contributed by atoms with Crippen LogP contribution >= 0.6 is 0 Å². The van der Waals surface area contributed by atoms with Gasteiger partial charge in [0.2, 0.25) is 0 Å². The number of halogens is 1. The molecule has 2 aromatic heterocycles. The van der Waals surface area contributed by atoms with E-state index in [4.69, 9.17) is 20.4 Å². The fourth-order valence-electron chi connectivity index (χ4n) is 5.01. The van der Waals surface area contributed by atoms with Crippen molar-refractivity contribution in [3.8, 4) is 22.5 Å². The van der Waals surface area contributed by atoms with E-state index in [-0.39, 0.29) is 17.2 Å². The predicted molar refractivity (Wildman–Crippen MR) is 173 cm³/mol. The third kappa shape index (κ3) is 6.50. The Labute approximate surface area is 258 Å². The third-order valence-electron chi connectivity index (χ3n) is 7.38. The second kappa shape index (κ2) is 12.5. The van der Waals surface area contributed by atoms with Crippen molar-refractivity contribution in [2.24, 2.45) is 0 Å². The second-order valence-electron chi connectivity index (χ2n) is 10.7. The first-order chi connectivity index (χ1) is 21.7. The van der Waals surface area contributed by atoms with Gasteiger partial charge in [0.25, 0.3) is 5.91 Å². The van der Waals surface area contributed by atoms with E-state index in [0.717, 1.165) is 39.5 Å². The highest BCUT2D eigenvalue weighted by Crippen LogP contribution is 2.32. The van der Waals surface area contributed by atoms with E-state index in [9.17, 15) is 14.0 Å². The first-order valence-corrected chi connectivity index (χ1v) is 14.3. The van der Waals surface area contributed by atoms with Crippen molar-refractivity contribution in [1.29, 1.82) is 0 Å². The van der Waals surface area contributed by atoms with Crippen LogP contribution in [-0.4, -0.2) is 72.2 Å². The Morgan fingerprint density at radius 1 is 0.889 bits per heavy atom. The minimum Gasteiger partial charge on any atom is -0.384 e. The molecule has 6 rings (SSSR count). The van der Waals surface area contributed by atoms with Crippen molar-refractivity contribution >= 4 is 45.9 Å². The molecule has 0 spiro atoms. The summed E-state index contributed by atoms with van der Waals surface area (Å²) in [6.45, 7) is 2.65. The zero-order valence-electron chi connectivity index (χ0n) is 24.8. The number of carbonyl (C=O) groups excluding carboxylic acids is 2. The Balaban J connectivity index is 1.24. The second-order valence-corrected chi connectivity index (χ2v) is 10.7. The Morgan fingerprint density at radius 2 is 1.62 bits per heavy atom. The molecule has 1 saturated heterocycles. The van der Waals surface area contributed by atoms with Crippen LogP contribution in [0, 0.1) is 5.82 Å². The average molecular weight is 607 g/mol. The lowest BCUT2D eigenvalue weighted by molar-refractivity contribution is 0.0827. The molecule has 0 unspecified atom stereocenters. The number of fused-ring (bicyclic) bond motifs is 1. The molecule has 3 aromatic carbocycles. The molecular weight excluding hydrogens is 575 g/mol. The lowest BCUT2D eigenvalue weighted by Crippen LogP contribution is -2.37. The molecule has 0 bridgehead atoms. The summed E-state index contributed by atoms with van der Waals surface area (Å²) in [5.41, 5.74) is 9.81. The van der Waals surface area contributed by atoms with Gasteiger partial charge in [0.1, 0.15) is 17.5 Å². The number of hydrogen-bond donors (Lipinski definition) is 3. The number of morpholine rings is 1. The Kier molecular flexibility index (Phi) is 8.21. The number of nitrogens with two attached hydrogens (primary N) is 1. The summed E-state index contributed by atoms with van der Waals surface area (Å²) in [5, 5.41) is 6.11. The number of pyridine rings is 1. The van der Waals surface area contributed by atoms with Crippen molar-refractivity contribution in [3.05, 3.63) is 90.4 Å². The molecule has 0 radical (unpaired) electrons. The number of amides is 3. The third-order valence-corrected chi connectivity index (χ3v) is 7.38. The van der Waals surface area contributed by atoms with Crippen LogP contribution in [0.15, 0.2) is 79.0 Å². The number of anilines is 4. The molecule has 0 atom stereocenters. The van der Waals surface area contributed by atoms with Crippen LogP contribution in [0.2, 0.25) is 0 Å². The van der Waals surface area contributed by atoms with Gasteiger partial charge in [-0.1, -0.05) is 6.07 Å². The average Bonchev–Trinajstić information content (AvgIpc) is 3.05. The maximum absolute atomic E-state index is 14.6. The fourth-order valence-corrected chi connectivity index (χ4v) is 5.01. The summed E-state index contributed by atoms with van der Waals surface area (Å²) in [6, 6.07) is 20.1. The van der Waals surface area contributed by atoms with Gasteiger partial charge in [-0.3, -0.25) is 4.79 Å². The SMILES string of the molecule is CN(C)C(=O)c1ccc(NC(=O)Nc2ccc(-c3nc(N4CCOCC4)c4ccc(-c5ccc(N)nc5)cc4n3)cc2)c(F)c1. The fraction of sp³-hybridized carbons (Fsp3) is 0.182. The number of nitrogens with one attached hydrogen (secondary N) is 2. The number of hydrogen-bond acceptors (Lipinski definition) is 8. The molecule has 4 N–H and O–H groups in total. The molecule has 1 aliphatic rings. The molecule has 3 amide bonds. The summed E-state index contributed by atoms with van der Waals surface area (Å²) >= 11 is 0. The van der Waals surface area contributed by atoms with Gasteiger partial charge >= 0.3 is 6.03 Å². The molecular formula is C33H31FN8O3. The Hall–Kier alpha value is -5.62. The molecule has 1 aliphatic heterocycles. The molecule has 3 heterocycles. The number of carbonyl (C=O) groups is 2. The first-order valence-electron chi connectivity index (χ1n) is 14.3. The smallest absolute Gasteiger partial charge is 0.323 e. The van der Waals surface area contributed by atoms with E-state index in [1.807, 2.05) is 36.4 Å². The Bertz CT molecular complexity index is 1870. The van der Waals surface area contributed by atoms with E-state index in [1.165, 1.54) is 17.0 Å². The molecule has 5 aromatic rings. The zero-order chi connectivity index (χ0) is 31.5. The summed E-state index contributed by atoms with van der Waals surface area (Å²) < 4.78 is 20.2. The number of nitrogens with zero attached hydrogens (tertiary/aromatic N) is 5. The van der Waals surface area contributed by atoms with Gasteiger partial charge in [-0.15, -0.1) is 0 Å². The lowest BCUT2D eigenvalue weighted by Gasteiger charge is -2.29. The van der Waals surface area contributed by atoms with E-state index in [0.29, 0.717) is 43.6 Å². The van der Waals surface area contributed by atoms with Crippen molar-refractivity contribution in [3.63, 3.8) is 0 Å². The number of rotatable bonds is 6. The molecule has 11 nitrogen and oxygen atoms in total. The topological polar surface area (TPSA) is 139 Å². The van der Waals surface area contributed by atoms with Gasteiger partial charge in [-0.05, 0) is 72.3 Å². The largest absolute Gasteiger partial charge is 0.384 e. The first kappa shape index (κ1) is 29.5. The minimum absolute atomic E-state index is 0.0475. The van der Waals surface area contributed by atoms with Crippen molar-refractivity contribution in [1.82, 2.24) is 19.9 Å². The molecule has 228 valence electrons. The van der Waals surface area contributed by atoms with Gasteiger partial charge in [0.15, 0.2) is 5.82 Å². The van der Waals surface area contributed by atoms with Gasteiger partial charge in [-0.2, -0.15) is 0 Å². The van der Waals surface area contributed by atoms with E-state index < -0.39 is 11.8 Å². The highest BCUT2D eigenvalue weighted by atomic mass is 19.1. The normalized spacial score (nSPS) is 13.0. The number of aromatic nitrogens is 3. The maximum Gasteiger partial charge on any atom is 0.323 e. The van der Waals surface area contributed by atoms with Crippen molar-refractivity contribution in [2.75, 3.05) is 61.7 Å². The van der Waals surface area contributed by atoms with Gasteiger partial charge in [0.05, 0.1) is 24.4 Å². The zero-order valence-corrected chi connectivity index (χ0v) is 24.8. The minimum atomic E-state index is -0.714. The number of nitrogen functional groups attached to an aromatic ring is 1. The molecule has 0 saturated carbocycles. The van der Waals surface area contributed by atoms with Crippen LogP contribution in [-0.2, 0) is 4.74 Å². The van der Waals surface area contributed by atoms with Crippen molar-refractivity contribution < 1.29 is 18.7 Å². The van der Waals surface area contributed by atoms with Crippen molar-refractivity contribution in [2.45, 2.75) is 0 Å². The summed E-state index contributed by atoms with van der Waals surface area (Å²) in [7, 11) is 3.16. The maximum atomic E-state index is 14.6. The van der Waals surface area contributed by atoms with E-state index in [1.54, 1.807) is 38.5 Å². The van der Waals surface area contributed by atoms with Crippen LogP contribution in [0.25, 0.3) is 33.4 Å². The van der Waals surface area contributed by atoms with Crippen LogP contribution in [0.5, 0.6) is 0 Å². The molecule has 45 heavy (non-hydrogen) atoms. The highest BCUT2D eigenvalue weighted by Gasteiger charge is 2.19. The standard InChI is InChI=1S/C33H31FN8O3/c1-41(2)32(43)22-6-11-27(26(34)17-22)39-33(44)37-24-8-3-20(4-9-24)30-38-28-18-21(23-7-12-29(35)36-19-23)5-10-25(28)31(40-30)42-13-15-45-16-14-42/h3-12,17-19H,13-16H2,1-2H3,(H2,35,36)(H2,37,39,44). The molecule has 1 fully saturated rings. The monoisotopic (exact) mass is 606 g/mol. The summed E-state index contributed by atoms with van der Waals surface area (Å²) in [6.07, 6.45) is 1.74. The molecule has 12 heteroatoms. The number of benzene rings is 3. The number of ether oxygens (including phenoxy) is 1. The predicted octanol–water partition coefficient (Wildman–Crippen LogP) is 5.26. The van der Waals surface area contributed by atoms with Gasteiger partial charge in [-0.25, -0.2) is 24.1 Å². The molecule has 0 aliphatic carbocycles. The summed E-state index contributed by atoms with van der Waals surface area (Å²) in [4.78, 5) is 42.4. The van der Waals surface area contributed by atoms with Gasteiger partial charge < -0.3 is 30.9 Å². The van der Waals surface area contributed by atoms with Gasteiger partial charge in [0, 0.05) is 61.1 Å². The summed E-state index contributed by atoms with van der Waals surface area (Å²) in [5.74, 6) is 0.753. The lowest BCUT2D eigenvalue weighted by atomic mass is 10.0. The quantitative estimate of drug-likeness (QED) is 0.238. The Morgan fingerprint density at radius 3 is 2.31 bits per heavy atom. The highest BCUT2D eigenvalue weighted by molar-refractivity contribution is 6.01. The number of urea groups is 1. The van der Waals surface area contributed by atoms with Crippen LogP contribution < -0.4 is 21.3 Å². The van der Waals surface area contributed by atoms with Crippen LogP contribution in [0.1, 0.15) is 10.4 Å². The van der Waals surface area contributed by atoms with E-state index in [2.05, 4.69) is 20.5 Å². The van der Waals surface area contributed by atoms with Crippen LogP contribution in [0.3, 0.4) is 0 Å². The van der Waals surface area contributed by atoms with Crippen LogP contribution in [0.4, 0.5) is 32.2 Å².